The number of para-hydroxylation sites is 1. The van der Waals surface area contributed by atoms with Gasteiger partial charge in [-0.3, -0.25) is 4.79 Å². The van der Waals surface area contributed by atoms with E-state index in [0.717, 1.165) is 24.5 Å². The number of phenolic OH excluding ortho intramolecular Hbond substituents is 1. The average Bonchev–Trinajstić information content (AvgIpc) is 2.83. The molecule has 0 saturated carbocycles. The number of amides is 1. The number of carbonyl (C=O) groups excluding carboxylic acids is 1. The zero-order chi connectivity index (χ0) is 22.1. The Labute approximate surface area is 212 Å². The summed E-state index contributed by atoms with van der Waals surface area (Å²) in [5.74, 6) is 1.68. The van der Waals surface area contributed by atoms with Crippen molar-refractivity contribution in [1.29, 1.82) is 0 Å². The zero-order valence-electron chi connectivity index (χ0n) is 19.0. The van der Waals surface area contributed by atoms with Crippen molar-refractivity contribution < 1.29 is 9.90 Å². The van der Waals surface area contributed by atoms with Crippen molar-refractivity contribution in [3.63, 3.8) is 0 Å². The van der Waals surface area contributed by atoms with Crippen LogP contribution in [0.2, 0.25) is 0 Å². The third kappa shape index (κ3) is 5.27. The van der Waals surface area contributed by atoms with E-state index in [4.69, 9.17) is 4.98 Å². The molecule has 1 atom stereocenters. The summed E-state index contributed by atoms with van der Waals surface area (Å²) in [7, 11) is 0. The van der Waals surface area contributed by atoms with Crippen LogP contribution in [0.4, 0.5) is 5.82 Å². The van der Waals surface area contributed by atoms with Gasteiger partial charge in [0.1, 0.15) is 11.6 Å². The van der Waals surface area contributed by atoms with Crippen LogP contribution in [0.15, 0.2) is 54.6 Å². The molecule has 2 aliphatic rings. The Kier molecular flexibility index (Phi) is 8.36. The first-order valence-electron chi connectivity index (χ1n) is 11.1. The topological polar surface area (TPSA) is 81.6 Å². The monoisotopic (exact) mass is 501 g/mol. The molecule has 7 nitrogen and oxygen atoms in total. The Hall–Kier alpha value is -2.87. The number of aromatic nitrogens is 2. The summed E-state index contributed by atoms with van der Waals surface area (Å²) in [6, 6.07) is 17.2. The quantitative estimate of drug-likeness (QED) is 0.572. The molecule has 0 radical (unpaired) electrons. The van der Waals surface area contributed by atoms with Gasteiger partial charge in [-0.25, -0.2) is 9.97 Å². The van der Waals surface area contributed by atoms with Crippen molar-refractivity contribution in [3.05, 3.63) is 71.4 Å². The van der Waals surface area contributed by atoms with Gasteiger partial charge in [-0.05, 0) is 36.6 Å². The molecule has 34 heavy (non-hydrogen) atoms. The maximum Gasteiger partial charge on any atom is 0.240 e. The maximum absolute atomic E-state index is 13.1. The van der Waals surface area contributed by atoms with E-state index in [1.54, 1.807) is 12.1 Å². The van der Waals surface area contributed by atoms with Gasteiger partial charge in [-0.1, -0.05) is 36.4 Å². The largest absolute Gasteiger partial charge is 0.507 e. The van der Waals surface area contributed by atoms with Gasteiger partial charge < -0.3 is 20.2 Å². The van der Waals surface area contributed by atoms with Crippen molar-refractivity contribution in [2.45, 2.75) is 25.9 Å². The Balaban J connectivity index is 0.00000162. The van der Waals surface area contributed by atoms with Gasteiger partial charge >= 0.3 is 0 Å². The number of anilines is 1. The van der Waals surface area contributed by atoms with Gasteiger partial charge in [0.2, 0.25) is 5.91 Å². The van der Waals surface area contributed by atoms with E-state index in [1.807, 2.05) is 42.2 Å². The van der Waals surface area contributed by atoms with E-state index < -0.39 is 0 Å². The Morgan fingerprint density at radius 2 is 1.65 bits per heavy atom. The minimum absolute atomic E-state index is 0. The lowest BCUT2D eigenvalue weighted by Gasteiger charge is -2.38. The summed E-state index contributed by atoms with van der Waals surface area (Å²) in [4.78, 5) is 26.5. The average molecular weight is 502 g/mol. The van der Waals surface area contributed by atoms with Crippen molar-refractivity contribution in [1.82, 2.24) is 20.2 Å². The summed E-state index contributed by atoms with van der Waals surface area (Å²) >= 11 is 0. The first kappa shape index (κ1) is 25.7. The van der Waals surface area contributed by atoms with Crippen LogP contribution in [0.3, 0.4) is 0 Å². The van der Waals surface area contributed by atoms with Crippen molar-refractivity contribution in [2.75, 3.05) is 31.1 Å². The van der Waals surface area contributed by atoms with Crippen LogP contribution in [0.1, 0.15) is 16.8 Å². The van der Waals surface area contributed by atoms with E-state index in [9.17, 15) is 9.90 Å². The van der Waals surface area contributed by atoms with Crippen molar-refractivity contribution in [2.24, 2.45) is 0 Å². The van der Waals surface area contributed by atoms with E-state index in [2.05, 4.69) is 27.3 Å². The molecule has 180 valence electrons. The summed E-state index contributed by atoms with van der Waals surface area (Å²) in [6.07, 6.45) is 0.740. The second-order valence-corrected chi connectivity index (χ2v) is 8.43. The predicted octanol–water partition coefficient (Wildman–Crippen LogP) is 3.36. The highest BCUT2D eigenvalue weighted by Gasteiger charge is 2.30. The smallest absolute Gasteiger partial charge is 0.240 e. The molecule has 0 spiro atoms. The minimum atomic E-state index is -0.162. The summed E-state index contributed by atoms with van der Waals surface area (Å²) in [5.41, 5.74) is 4.00. The standard InChI is InChI=1S/C25H27N5O2.2ClH/c1-17-14-23(28-24(27-17)20-8-4-5-9-22(20)31)29-10-12-30(13-11-29)25(32)21-15-18-6-2-3-7-19(18)16-26-21;;/h2-9,14,21,26,31H,10-13,15-16H2,1H3;2*1H/t21-;;/m1../s1. The van der Waals surface area contributed by atoms with Crippen LogP contribution >= 0.6 is 24.8 Å². The second kappa shape index (κ2) is 11.0. The SMILES string of the molecule is Cc1cc(N2CCN(C(=O)[C@H]3Cc4ccccc4CN3)CC2)nc(-c2ccccc2O)n1.Cl.Cl. The summed E-state index contributed by atoms with van der Waals surface area (Å²) < 4.78 is 0. The molecule has 3 aromatic rings. The number of halogens is 2. The molecule has 1 fully saturated rings. The number of hydrogen-bond acceptors (Lipinski definition) is 6. The Morgan fingerprint density at radius 3 is 2.38 bits per heavy atom. The van der Waals surface area contributed by atoms with Crippen LogP contribution in [0, 0.1) is 6.92 Å². The van der Waals surface area contributed by atoms with E-state index >= 15 is 0 Å². The fourth-order valence-corrected chi connectivity index (χ4v) is 4.50. The van der Waals surface area contributed by atoms with Gasteiger partial charge in [0.05, 0.1) is 11.6 Å². The van der Waals surface area contributed by atoms with Crippen LogP contribution in [0.25, 0.3) is 11.4 Å². The lowest BCUT2D eigenvalue weighted by atomic mass is 9.95. The molecule has 2 aliphatic heterocycles. The van der Waals surface area contributed by atoms with Gasteiger partial charge in [0.25, 0.3) is 0 Å². The number of benzene rings is 2. The van der Waals surface area contributed by atoms with Crippen molar-refractivity contribution in [3.8, 4) is 17.1 Å². The third-order valence-electron chi connectivity index (χ3n) is 6.28. The lowest BCUT2D eigenvalue weighted by Crippen LogP contribution is -2.55. The molecule has 9 heteroatoms. The first-order valence-corrected chi connectivity index (χ1v) is 11.1. The lowest BCUT2D eigenvalue weighted by molar-refractivity contribution is -0.134. The minimum Gasteiger partial charge on any atom is -0.507 e. The Morgan fingerprint density at radius 1 is 0.971 bits per heavy atom. The van der Waals surface area contributed by atoms with E-state index in [-0.39, 0.29) is 42.5 Å². The fourth-order valence-electron chi connectivity index (χ4n) is 4.50. The molecule has 0 unspecified atom stereocenters. The van der Waals surface area contributed by atoms with Crippen LogP contribution in [-0.4, -0.2) is 58.1 Å². The normalized spacial score (nSPS) is 17.3. The molecule has 2 aromatic carbocycles. The predicted molar refractivity (Wildman–Crippen MR) is 138 cm³/mol. The molecule has 0 bridgehead atoms. The fraction of sp³-hybridized carbons (Fsp3) is 0.320. The molecule has 0 aliphatic carbocycles. The van der Waals surface area contributed by atoms with Gasteiger partial charge in [0, 0.05) is 44.5 Å². The molecular weight excluding hydrogens is 473 g/mol. The summed E-state index contributed by atoms with van der Waals surface area (Å²) in [5, 5.41) is 13.6. The molecule has 1 saturated heterocycles. The second-order valence-electron chi connectivity index (χ2n) is 8.43. The highest BCUT2D eigenvalue weighted by molar-refractivity contribution is 5.85. The number of aryl methyl sites for hydroxylation is 1. The number of aromatic hydroxyl groups is 1. The van der Waals surface area contributed by atoms with Gasteiger partial charge in [0.15, 0.2) is 5.82 Å². The number of phenols is 1. The van der Waals surface area contributed by atoms with Crippen LogP contribution in [-0.2, 0) is 17.8 Å². The van der Waals surface area contributed by atoms with E-state index in [0.29, 0.717) is 37.6 Å². The molecule has 1 amide bonds. The molecule has 2 N–H and O–H groups in total. The molecule has 1 aromatic heterocycles. The number of rotatable bonds is 3. The number of nitrogens with zero attached hydrogens (tertiary/aromatic N) is 4. The number of carbonyl (C=O) groups is 1. The Bertz CT molecular complexity index is 1150. The third-order valence-corrected chi connectivity index (χ3v) is 6.28. The number of hydrogen-bond donors (Lipinski definition) is 2. The number of fused-ring (bicyclic) bond motifs is 1. The van der Waals surface area contributed by atoms with Crippen LogP contribution < -0.4 is 10.2 Å². The number of nitrogens with one attached hydrogen (secondary N) is 1. The molecule has 3 heterocycles. The molecule has 5 rings (SSSR count). The molecular formula is C25H29Cl2N5O2. The highest BCUT2D eigenvalue weighted by atomic mass is 35.5. The van der Waals surface area contributed by atoms with E-state index in [1.165, 1.54) is 11.1 Å². The summed E-state index contributed by atoms with van der Waals surface area (Å²) in [6.45, 7) is 5.42. The first-order chi connectivity index (χ1) is 15.6. The van der Waals surface area contributed by atoms with Gasteiger partial charge in [-0.15, -0.1) is 24.8 Å². The van der Waals surface area contributed by atoms with Crippen LogP contribution in [0.5, 0.6) is 5.75 Å². The highest BCUT2D eigenvalue weighted by Crippen LogP contribution is 2.28. The van der Waals surface area contributed by atoms with Crippen molar-refractivity contribution >= 4 is 36.5 Å². The maximum atomic E-state index is 13.1. The number of piperazine rings is 1. The van der Waals surface area contributed by atoms with Gasteiger partial charge in [-0.2, -0.15) is 0 Å². The zero-order valence-corrected chi connectivity index (χ0v) is 20.6.